The van der Waals surface area contributed by atoms with Gasteiger partial charge in [-0.1, -0.05) is 18.5 Å². The molecule has 0 bridgehead atoms. The quantitative estimate of drug-likeness (QED) is 0.146. The zero-order valence-electron chi connectivity index (χ0n) is 20.0. The molecular formula is C23H37N5O5. The molecule has 10 heteroatoms. The van der Waals surface area contributed by atoms with Crippen molar-refractivity contribution in [3.63, 3.8) is 0 Å². The van der Waals surface area contributed by atoms with Gasteiger partial charge in [0.05, 0.1) is 20.3 Å². The molecule has 0 heterocycles. The Bertz CT molecular complexity index is 781. The zero-order valence-corrected chi connectivity index (χ0v) is 20.0. The van der Waals surface area contributed by atoms with E-state index in [4.69, 9.17) is 19.7 Å². The summed E-state index contributed by atoms with van der Waals surface area (Å²) >= 11 is 0. The van der Waals surface area contributed by atoms with Crippen molar-refractivity contribution in [2.45, 2.75) is 58.8 Å². The summed E-state index contributed by atoms with van der Waals surface area (Å²) in [4.78, 5) is 26.0. The molecule has 1 aromatic carbocycles. The molecule has 0 fully saturated rings. The van der Waals surface area contributed by atoms with Gasteiger partial charge in [-0.05, 0) is 55.8 Å². The Kier molecular flexibility index (Phi) is 14.7. The van der Waals surface area contributed by atoms with Crippen LogP contribution in [-0.2, 0) is 9.59 Å². The first-order valence-electron chi connectivity index (χ1n) is 11.5. The molecule has 0 aromatic heterocycles. The Morgan fingerprint density at radius 3 is 2.00 bits per heavy atom. The molecule has 0 aliphatic rings. The molecule has 0 radical (unpaired) electrons. The number of carbonyl (C=O) groups excluding carboxylic acids is 2. The molecule has 10 nitrogen and oxygen atoms in total. The third kappa shape index (κ3) is 12.5. The van der Waals surface area contributed by atoms with Gasteiger partial charge < -0.3 is 24.8 Å². The van der Waals surface area contributed by atoms with Crippen LogP contribution in [0.15, 0.2) is 17.2 Å². The second-order valence-electron chi connectivity index (χ2n) is 7.56. The SMILES string of the molecule is CCCCC(=O)NCCCOc1cc(C)cc(OCCCNC(=O)CCCN=[N+]=[N-])c1OC. The molecule has 0 aliphatic heterocycles. The van der Waals surface area contributed by atoms with Crippen molar-refractivity contribution in [2.24, 2.45) is 5.11 Å². The van der Waals surface area contributed by atoms with Crippen LogP contribution in [0.25, 0.3) is 10.4 Å². The third-order valence-electron chi connectivity index (χ3n) is 4.65. The molecule has 0 unspecified atom stereocenters. The van der Waals surface area contributed by atoms with Gasteiger partial charge in [0, 0.05) is 37.4 Å². The van der Waals surface area contributed by atoms with Gasteiger partial charge >= 0.3 is 0 Å². The van der Waals surface area contributed by atoms with Gasteiger partial charge in [-0.25, -0.2) is 0 Å². The van der Waals surface area contributed by atoms with Crippen molar-refractivity contribution < 1.29 is 23.8 Å². The Hall–Kier alpha value is -3.13. The van der Waals surface area contributed by atoms with E-state index in [0.29, 0.717) is 82.2 Å². The van der Waals surface area contributed by atoms with Gasteiger partial charge in [0.1, 0.15) is 0 Å². The predicted octanol–water partition coefficient (Wildman–Crippen LogP) is 4.05. The Labute approximate surface area is 196 Å². The smallest absolute Gasteiger partial charge is 0.219 e. The number of ether oxygens (including phenoxy) is 3. The number of azide groups is 1. The van der Waals surface area contributed by atoms with Gasteiger partial charge in [0.25, 0.3) is 0 Å². The highest BCUT2D eigenvalue weighted by Crippen LogP contribution is 2.38. The fourth-order valence-electron chi connectivity index (χ4n) is 2.96. The number of rotatable bonds is 18. The minimum Gasteiger partial charge on any atom is -0.490 e. The van der Waals surface area contributed by atoms with Crippen LogP contribution in [-0.4, -0.2) is 51.8 Å². The Balaban J connectivity index is 2.41. The molecule has 2 N–H and O–H groups in total. The Morgan fingerprint density at radius 2 is 1.52 bits per heavy atom. The highest BCUT2D eigenvalue weighted by atomic mass is 16.5. The second-order valence-corrected chi connectivity index (χ2v) is 7.56. The van der Waals surface area contributed by atoms with E-state index in [2.05, 4.69) is 27.6 Å². The van der Waals surface area contributed by atoms with E-state index in [1.807, 2.05) is 19.1 Å². The maximum Gasteiger partial charge on any atom is 0.219 e. The van der Waals surface area contributed by atoms with Crippen LogP contribution >= 0.6 is 0 Å². The van der Waals surface area contributed by atoms with Crippen molar-refractivity contribution >= 4 is 11.8 Å². The van der Waals surface area contributed by atoms with Gasteiger partial charge in [-0.2, -0.15) is 0 Å². The van der Waals surface area contributed by atoms with Crippen LogP contribution in [0.5, 0.6) is 17.2 Å². The van der Waals surface area contributed by atoms with Crippen LogP contribution in [0, 0.1) is 6.92 Å². The number of unbranched alkanes of at least 4 members (excludes halogenated alkanes) is 1. The monoisotopic (exact) mass is 463 g/mol. The number of hydrogen-bond donors (Lipinski definition) is 2. The lowest BCUT2D eigenvalue weighted by Gasteiger charge is -2.16. The zero-order chi connectivity index (χ0) is 24.3. The summed E-state index contributed by atoms with van der Waals surface area (Å²) in [7, 11) is 1.56. The normalized spacial score (nSPS) is 10.2. The predicted molar refractivity (Wildman–Crippen MR) is 127 cm³/mol. The van der Waals surface area contributed by atoms with Crippen LogP contribution < -0.4 is 24.8 Å². The first-order valence-corrected chi connectivity index (χ1v) is 11.5. The topological polar surface area (TPSA) is 135 Å². The molecule has 0 saturated carbocycles. The fourth-order valence-corrected chi connectivity index (χ4v) is 2.96. The summed E-state index contributed by atoms with van der Waals surface area (Å²) in [6.45, 7) is 6.23. The van der Waals surface area contributed by atoms with Crippen molar-refractivity contribution in [1.29, 1.82) is 0 Å². The lowest BCUT2D eigenvalue weighted by Crippen LogP contribution is -2.25. The van der Waals surface area contributed by atoms with E-state index in [0.717, 1.165) is 18.4 Å². The average Bonchev–Trinajstić information content (AvgIpc) is 2.80. The lowest BCUT2D eigenvalue weighted by atomic mass is 10.2. The van der Waals surface area contributed by atoms with Gasteiger partial charge in [-0.15, -0.1) is 0 Å². The molecular weight excluding hydrogens is 426 g/mol. The van der Waals surface area contributed by atoms with Crippen LogP contribution in [0.3, 0.4) is 0 Å². The standard InChI is InChI=1S/C23H37N5O5/c1-4-5-9-21(29)25-11-7-14-32-19-16-18(2)17-20(23(19)31-3)33-15-8-12-26-22(30)10-6-13-27-28-24/h16-17H,4-15H2,1-3H3,(H,25,29)(H,26,30). The largest absolute Gasteiger partial charge is 0.490 e. The number of amides is 2. The Morgan fingerprint density at radius 1 is 0.970 bits per heavy atom. The van der Waals surface area contributed by atoms with E-state index in [1.165, 1.54) is 0 Å². The number of carbonyl (C=O) groups is 2. The molecule has 1 rings (SSSR count). The highest BCUT2D eigenvalue weighted by molar-refractivity contribution is 5.76. The van der Waals surface area contributed by atoms with Crippen molar-refractivity contribution in [3.8, 4) is 17.2 Å². The first-order chi connectivity index (χ1) is 16.0. The van der Waals surface area contributed by atoms with E-state index in [-0.39, 0.29) is 11.8 Å². The maximum atomic E-state index is 11.7. The average molecular weight is 464 g/mol. The van der Waals surface area contributed by atoms with Gasteiger partial charge in [0.2, 0.25) is 17.6 Å². The summed E-state index contributed by atoms with van der Waals surface area (Å²) in [5.41, 5.74) is 9.19. The van der Waals surface area contributed by atoms with Crippen molar-refractivity contribution in [1.82, 2.24) is 10.6 Å². The number of nitrogens with zero attached hydrogens (tertiary/aromatic N) is 3. The van der Waals surface area contributed by atoms with E-state index < -0.39 is 0 Å². The van der Waals surface area contributed by atoms with Crippen LogP contribution in [0.1, 0.15) is 57.4 Å². The van der Waals surface area contributed by atoms with E-state index in [1.54, 1.807) is 7.11 Å². The molecule has 0 atom stereocenters. The fraction of sp³-hybridized carbons (Fsp3) is 0.652. The minimum absolute atomic E-state index is 0.0741. The maximum absolute atomic E-state index is 11.7. The number of nitrogens with one attached hydrogen (secondary N) is 2. The van der Waals surface area contributed by atoms with Gasteiger partial charge in [0.15, 0.2) is 11.5 Å². The number of benzene rings is 1. The summed E-state index contributed by atoms with van der Waals surface area (Å²) in [6, 6.07) is 3.77. The van der Waals surface area contributed by atoms with Gasteiger partial charge in [-0.3, -0.25) is 9.59 Å². The number of aryl methyl sites for hydroxylation is 1. The number of hydrogen-bond acceptors (Lipinski definition) is 6. The molecule has 184 valence electrons. The minimum atomic E-state index is -0.0754. The second kappa shape index (κ2) is 17.4. The summed E-state index contributed by atoms with van der Waals surface area (Å²) in [5, 5.41) is 9.12. The first kappa shape index (κ1) is 27.9. The highest BCUT2D eigenvalue weighted by Gasteiger charge is 2.13. The van der Waals surface area contributed by atoms with Crippen molar-refractivity contribution in [3.05, 3.63) is 28.1 Å². The lowest BCUT2D eigenvalue weighted by molar-refractivity contribution is -0.122. The molecule has 0 spiro atoms. The van der Waals surface area contributed by atoms with E-state index in [9.17, 15) is 9.59 Å². The third-order valence-corrected chi connectivity index (χ3v) is 4.65. The van der Waals surface area contributed by atoms with E-state index >= 15 is 0 Å². The summed E-state index contributed by atoms with van der Waals surface area (Å²) in [5.74, 6) is 1.70. The molecule has 0 aliphatic carbocycles. The molecule has 1 aromatic rings. The number of methoxy groups -OCH3 is 1. The van der Waals surface area contributed by atoms with Crippen LogP contribution in [0.4, 0.5) is 0 Å². The molecule has 33 heavy (non-hydrogen) atoms. The van der Waals surface area contributed by atoms with Crippen molar-refractivity contribution in [2.75, 3.05) is 40.0 Å². The molecule has 0 saturated heterocycles. The summed E-state index contributed by atoms with van der Waals surface area (Å²) in [6.07, 6.45) is 4.64. The molecule has 2 amide bonds. The summed E-state index contributed by atoms with van der Waals surface area (Å²) < 4.78 is 17.3. The van der Waals surface area contributed by atoms with Crippen LogP contribution in [0.2, 0.25) is 0 Å².